The molecule has 0 amide bonds. The summed E-state index contributed by atoms with van der Waals surface area (Å²) < 4.78 is 5.16. The monoisotopic (exact) mass is 171 g/mol. The smallest absolute Gasteiger partial charge is 0.0988 e. The minimum atomic E-state index is 0.782. The van der Waals surface area contributed by atoms with Crippen LogP contribution in [0.5, 0.6) is 0 Å². The van der Waals surface area contributed by atoms with Gasteiger partial charge in [-0.3, -0.25) is 4.90 Å². The molecular weight excluding hydrogens is 150 g/mol. The van der Waals surface area contributed by atoms with Crippen molar-refractivity contribution in [2.75, 3.05) is 20.4 Å². The third-order valence-electron chi connectivity index (χ3n) is 2.54. The summed E-state index contributed by atoms with van der Waals surface area (Å²) >= 11 is 0. The molecule has 2 nitrogen and oxygen atoms in total. The predicted molar refractivity (Wildman–Crippen MR) is 51.1 cm³/mol. The maximum Gasteiger partial charge on any atom is 0.0988 e. The summed E-state index contributed by atoms with van der Waals surface area (Å²) in [6.45, 7) is 6.63. The Bertz CT molecular complexity index is 125. The molecule has 0 aromatic heterocycles. The zero-order chi connectivity index (χ0) is 8.97. The van der Waals surface area contributed by atoms with Gasteiger partial charge in [0.2, 0.25) is 0 Å². The maximum absolute atomic E-state index is 5.16. The van der Waals surface area contributed by atoms with Crippen molar-refractivity contribution in [1.82, 2.24) is 4.90 Å². The first-order valence-electron chi connectivity index (χ1n) is 4.97. The molecule has 2 heteroatoms. The lowest BCUT2D eigenvalue weighted by Crippen LogP contribution is -2.32. The zero-order valence-electron chi connectivity index (χ0n) is 8.55. The quantitative estimate of drug-likeness (QED) is 0.642. The molecule has 0 N–H and O–H groups in total. The Balaban J connectivity index is 2.30. The van der Waals surface area contributed by atoms with Crippen LogP contribution >= 0.6 is 0 Å². The van der Waals surface area contributed by atoms with E-state index in [0.29, 0.717) is 0 Å². The molecule has 1 unspecified atom stereocenters. The number of ether oxygens (including phenoxy) is 1. The van der Waals surface area contributed by atoms with Crippen LogP contribution in [-0.2, 0) is 4.74 Å². The Morgan fingerprint density at radius 1 is 1.50 bits per heavy atom. The van der Waals surface area contributed by atoms with Gasteiger partial charge in [0.05, 0.1) is 6.73 Å². The predicted octanol–water partition coefficient (Wildman–Crippen LogP) is 2.10. The summed E-state index contributed by atoms with van der Waals surface area (Å²) in [5.74, 6) is 0.812. The standard InChI is InChI=1S/C10H21NO/c1-9(2)7-10-5-4-6-11(10)8-12-3/h9-10H,4-8H2,1-3H3. The average molecular weight is 171 g/mol. The normalized spacial score (nSPS) is 25.5. The molecule has 1 atom stereocenters. The van der Waals surface area contributed by atoms with Crippen molar-refractivity contribution in [1.29, 1.82) is 0 Å². The molecule has 1 aliphatic rings. The third-order valence-corrected chi connectivity index (χ3v) is 2.54. The summed E-state index contributed by atoms with van der Waals surface area (Å²) in [6, 6.07) is 0.782. The van der Waals surface area contributed by atoms with Crippen LogP contribution in [0, 0.1) is 5.92 Å². The average Bonchev–Trinajstić information content (AvgIpc) is 2.37. The van der Waals surface area contributed by atoms with Crippen LogP contribution < -0.4 is 0 Å². The highest BCUT2D eigenvalue weighted by molar-refractivity contribution is 4.77. The molecule has 0 aliphatic carbocycles. The summed E-state index contributed by atoms with van der Waals surface area (Å²) in [6.07, 6.45) is 4.03. The van der Waals surface area contributed by atoms with E-state index in [4.69, 9.17) is 4.74 Å². The number of hydrogen-bond acceptors (Lipinski definition) is 2. The highest BCUT2D eigenvalue weighted by Gasteiger charge is 2.24. The van der Waals surface area contributed by atoms with E-state index in [0.717, 1.165) is 18.7 Å². The van der Waals surface area contributed by atoms with Crippen LogP contribution in [0.1, 0.15) is 33.1 Å². The third kappa shape index (κ3) is 2.76. The van der Waals surface area contributed by atoms with Gasteiger partial charge < -0.3 is 4.74 Å². The SMILES string of the molecule is COCN1CCCC1CC(C)C. The summed E-state index contributed by atoms with van der Waals surface area (Å²) in [4.78, 5) is 2.46. The Hall–Kier alpha value is -0.0800. The molecule has 1 heterocycles. The maximum atomic E-state index is 5.16. The second-order valence-electron chi connectivity index (χ2n) is 4.16. The van der Waals surface area contributed by atoms with Gasteiger partial charge in [-0.1, -0.05) is 13.8 Å². The van der Waals surface area contributed by atoms with Crippen molar-refractivity contribution in [2.45, 2.75) is 39.2 Å². The molecule has 1 rings (SSSR count). The lowest BCUT2D eigenvalue weighted by molar-refractivity contribution is 0.0493. The van der Waals surface area contributed by atoms with Crippen LogP contribution in [0.3, 0.4) is 0 Å². The molecular formula is C10H21NO. The fourth-order valence-corrected chi connectivity index (χ4v) is 2.04. The van der Waals surface area contributed by atoms with Gasteiger partial charge in [0, 0.05) is 19.7 Å². The molecule has 0 saturated carbocycles. The molecule has 0 aromatic carbocycles. The van der Waals surface area contributed by atoms with E-state index in [1.54, 1.807) is 7.11 Å². The highest BCUT2D eigenvalue weighted by Crippen LogP contribution is 2.22. The van der Waals surface area contributed by atoms with Crippen molar-refractivity contribution in [3.63, 3.8) is 0 Å². The van der Waals surface area contributed by atoms with Gasteiger partial charge in [-0.05, 0) is 25.2 Å². The van der Waals surface area contributed by atoms with Gasteiger partial charge in [0.25, 0.3) is 0 Å². The van der Waals surface area contributed by atoms with E-state index in [1.807, 2.05) is 0 Å². The first-order chi connectivity index (χ1) is 5.74. The van der Waals surface area contributed by atoms with E-state index in [9.17, 15) is 0 Å². The van der Waals surface area contributed by atoms with E-state index in [1.165, 1.54) is 25.8 Å². The largest absolute Gasteiger partial charge is 0.369 e. The van der Waals surface area contributed by atoms with Crippen LogP contribution in [0.4, 0.5) is 0 Å². The number of methoxy groups -OCH3 is 1. The van der Waals surface area contributed by atoms with Gasteiger partial charge in [0.15, 0.2) is 0 Å². The molecule has 1 aliphatic heterocycles. The molecule has 1 fully saturated rings. The lowest BCUT2D eigenvalue weighted by atomic mass is 10.0. The second-order valence-corrected chi connectivity index (χ2v) is 4.16. The van der Waals surface area contributed by atoms with Crippen molar-refractivity contribution < 1.29 is 4.74 Å². The Kier molecular flexibility index (Phi) is 4.02. The molecule has 0 radical (unpaired) electrons. The van der Waals surface area contributed by atoms with Crippen molar-refractivity contribution in [3.8, 4) is 0 Å². The summed E-state index contributed by atoms with van der Waals surface area (Å²) in [5, 5.41) is 0. The minimum Gasteiger partial charge on any atom is -0.369 e. The van der Waals surface area contributed by atoms with Gasteiger partial charge in [-0.25, -0.2) is 0 Å². The number of rotatable bonds is 4. The van der Waals surface area contributed by atoms with E-state index < -0.39 is 0 Å². The van der Waals surface area contributed by atoms with Crippen LogP contribution in [0.15, 0.2) is 0 Å². The Morgan fingerprint density at radius 2 is 2.25 bits per heavy atom. The highest BCUT2D eigenvalue weighted by atomic mass is 16.5. The van der Waals surface area contributed by atoms with Gasteiger partial charge >= 0.3 is 0 Å². The topological polar surface area (TPSA) is 12.5 Å². The Morgan fingerprint density at radius 3 is 2.83 bits per heavy atom. The number of hydrogen-bond donors (Lipinski definition) is 0. The number of likely N-dealkylation sites (tertiary alicyclic amines) is 1. The first-order valence-corrected chi connectivity index (χ1v) is 4.97. The molecule has 1 saturated heterocycles. The molecule has 12 heavy (non-hydrogen) atoms. The van der Waals surface area contributed by atoms with Crippen molar-refractivity contribution in [2.24, 2.45) is 5.92 Å². The minimum absolute atomic E-state index is 0.782. The molecule has 72 valence electrons. The van der Waals surface area contributed by atoms with Gasteiger partial charge in [0.1, 0.15) is 0 Å². The van der Waals surface area contributed by atoms with Crippen LogP contribution in [0.25, 0.3) is 0 Å². The molecule has 0 spiro atoms. The van der Waals surface area contributed by atoms with Crippen molar-refractivity contribution >= 4 is 0 Å². The summed E-state index contributed by atoms with van der Waals surface area (Å²) in [7, 11) is 1.78. The first kappa shape index (κ1) is 10.0. The molecule has 0 aromatic rings. The number of nitrogens with zero attached hydrogens (tertiary/aromatic N) is 1. The summed E-state index contributed by atoms with van der Waals surface area (Å²) in [5.41, 5.74) is 0. The van der Waals surface area contributed by atoms with E-state index in [-0.39, 0.29) is 0 Å². The lowest BCUT2D eigenvalue weighted by Gasteiger charge is -2.24. The van der Waals surface area contributed by atoms with E-state index in [2.05, 4.69) is 18.7 Å². The molecule has 0 bridgehead atoms. The zero-order valence-corrected chi connectivity index (χ0v) is 8.55. The fourth-order valence-electron chi connectivity index (χ4n) is 2.04. The van der Waals surface area contributed by atoms with Crippen molar-refractivity contribution in [3.05, 3.63) is 0 Å². The van der Waals surface area contributed by atoms with E-state index >= 15 is 0 Å². The van der Waals surface area contributed by atoms with Gasteiger partial charge in [-0.2, -0.15) is 0 Å². The van der Waals surface area contributed by atoms with Crippen LogP contribution in [0.2, 0.25) is 0 Å². The van der Waals surface area contributed by atoms with Crippen LogP contribution in [-0.4, -0.2) is 31.3 Å². The Labute approximate surface area is 75.9 Å². The second kappa shape index (κ2) is 4.83. The van der Waals surface area contributed by atoms with Gasteiger partial charge in [-0.15, -0.1) is 0 Å². The fraction of sp³-hybridized carbons (Fsp3) is 1.00.